The molecule has 0 aromatic carbocycles. The second-order valence-electron chi connectivity index (χ2n) is 3.32. The number of alkyl halides is 4. The summed E-state index contributed by atoms with van der Waals surface area (Å²) in [6, 6.07) is 0. The predicted octanol–water partition coefficient (Wildman–Crippen LogP) is 2.10. The predicted molar refractivity (Wildman–Crippen MR) is 55.6 cm³/mol. The fourth-order valence-electron chi connectivity index (χ4n) is 0.713. The quantitative estimate of drug-likeness (QED) is 0.353. The number of ether oxygens (including phenoxy) is 2. The molecule has 0 aromatic rings. The summed E-state index contributed by atoms with van der Waals surface area (Å²) in [6.07, 6.45) is -2.42. The second kappa shape index (κ2) is 6.22. The normalized spacial score (nSPS) is 13.6. The Morgan fingerprint density at radius 2 is 1.79 bits per heavy atom. The Morgan fingerprint density at radius 3 is 2.16 bits per heavy atom. The molecule has 0 fully saturated rings. The summed E-state index contributed by atoms with van der Waals surface area (Å²) in [5, 5.41) is -3.79. The van der Waals surface area contributed by atoms with Gasteiger partial charge in [0.25, 0.3) is 0 Å². The monoisotopic (exact) mass is 308 g/mol. The van der Waals surface area contributed by atoms with Gasteiger partial charge in [0.2, 0.25) is 5.83 Å². The van der Waals surface area contributed by atoms with E-state index in [4.69, 9.17) is 0 Å². The average molecular weight is 308 g/mol. The zero-order chi connectivity index (χ0) is 15.4. The molecule has 0 spiro atoms. The molecule has 19 heavy (non-hydrogen) atoms. The van der Waals surface area contributed by atoms with Gasteiger partial charge < -0.3 is 9.47 Å². The summed E-state index contributed by atoms with van der Waals surface area (Å²) in [7, 11) is 0. The van der Waals surface area contributed by atoms with Crippen molar-refractivity contribution < 1.29 is 41.0 Å². The van der Waals surface area contributed by atoms with Crippen LogP contribution >= 0.6 is 12.6 Å². The standard InChI is InChI=1S/C9H9F5O4S/c1-4(10)6(15)18-5(2)9(13,14)7(16)17-3-8(11,12)19/h5,19H,1,3H2,2H3. The number of halogens is 5. The van der Waals surface area contributed by atoms with E-state index in [-0.39, 0.29) is 0 Å². The van der Waals surface area contributed by atoms with Crippen molar-refractivity contribution >= 4 is 24.6 Å². The van der Waals surface area contributed by atoms with Crippen LogP contribution < -0.4 is 0 Å². The van der Waals surface area contributed by atoms with Gasteiger partial charge in [-0.3, -0.25) is 0 Å². The van der Waals surface area contributed by atoms with Crippen molar-refractivity contribution in [2.75, 3.05) is 6.61 Å². The van der Waals surface area contributed by atoms with Gasteiger partial charge in [-0.15, -0.1) is 12.6 Å². The first-order valence-corrected chi connectivity index (χ1v) is 5.03. The Bertz CT molecular complexity index is 379. The Hall–Kier alpha value is -1.32. The molecule has 4 nitrogen and oxygen atoms in total. The fraction of sp³-hybridized carbons (Fsp3) is 0.556. The van der Waals surface area contributed by atoms with Gasteiger partial charge in [0.15, 0.2) is 12.7 Å². The van der Waals surface area contributed by atoms with Crippen molar-refractivity contribution in [1.29, 1.82) is 0 Å². The minimum absolute atomic E-state index is 0.556. The van der Waals surface area contributed by atoms with Crippen molar-refractivity contribution in [3.63, 3.8) is 0 Å². The molecule has 0 N–H and O–H groups in total. The first kappa shape index (κ1) is 17.7. The first-order chi connectivity index (χ1) is 8.38. The van der Waals surface area contributed by atoms with Gasteiger partial charge >= 0.3 is 23.1 Å². The molecule has 0 aliphatic heterocycles. The molecule has 110 valence electrons. The molecule has 0 aromatic heterocycles. The van der Waals surface area contributed by atoms with Gasteiger partial charge in [0.1, 0.15) is 0 Å². The maximum atomic E-state index is 13.2. The third kappa shape index (κ3) is 5.90. The number of thiol groups is 1. The Labute approximate surface area is 110 Å². The topological polar surface area (TPSA) is 52.6 Å². The van der Waals surface area contributed by atoms with Crippen LogP contribution in [0.2, 0.25) is 0 Å². The minimum Gasteiger partial charge on any atom is -0.454 e. The maximum absolute atomic E-state index is 13.2. The van der Waals surface area contributed by atoms with E-state index >= 15 is 0 Å². The number of hydrogen-bond donors (Lipinski definition) is 1. The van der Waals surface area contributed by atoms with Crippen molar-refractivity contribution in [2.24, 2.45) is 0 Å². The second-order valence-corrected chi connectivity index (χ2v) is 3.97. The van der Waals surface area contributed by atoms with E-state index in [1.165, 1.54) is 0 Å². The molecule has 1 atom stereocenters. The molecular formula is C9H9F5O4S. The number of hydrogen-bond acceptors (Lipinski definition) is 5. The van der Waals surface area contributed by atoms with E-state index < -0.39 is 41.7 Å². The van der Waals surface area contributed by atoms with Crippen LogP contribution in [0.15, 0.2) is 12.4 Å². The Balaban J connectivity index is 4.63. The lowest BCUT2D eigenvalue weighted by Crippen LogP contribution is -2.44. The number of rotatable bonds is 6. The van der Waals surface area contributed by atoms with Crippen molar-refractivity contribution in [3.8, 4) is 0 Å². The minimum atomic E-state index is -4.43. The van der Waals surface area contributed by atoms with E-state index in [9.17, 15) is 31.5 Å². The zero-order valence-electron chi connectivity index (χ0n) is 9.46. The molecule has 0 amide bonds. The summed E-state index contributed by atoms with van der Waals surface area (Å²) in [5.74, 6) is -10.2. The highest BCUT2D eigenvalue weighted by Gasteiger charge is 2.50. The summed E-state index contributed by atoms with van der Waals surface area (Å²) in [5.41, 5.74) is 0. The third-order valence-electron chi connectivity index (χ3n) is 1.66. The summed E-state index contributed by atoms with van der Waals surface area (Å²) >= 11 is 2.66. The largest absolute Gasteiger partial charge is 0.454 e. The molecule has 0 saturated heterocycles. The number of carbonyl (C=O) groups is 2. The van der Waals surface area contributed by atoms with E-state index in [1.54, 1.807) is 0 Å². The Morgan fingerprint density at radius 1 is 1.32 bits per heavy atom. The van der Waals surface area contributed by atoms with E-state index in [0.29, 0.717) is 6.92 Å². The summed E-state index contributed by atoms with van der Waals surface area (Å²) < 4.78 is 70.5. The summed E-state index contributed by atoms with van der Waals surface area (Å²) in [6.45, 7) is 1.36. The van der Waals surface area contributed by atoms with Crippen LogP contribution in [0.5, 0.6) is 0 Å². The molecule has 1 unspecified atom stereocenters. The van der Waals surface area contributed by atoms with Crippen molar-refractivity contribution in [2.45, 2.75) is 24.2 Å². The molecule has 10 heteroatoms. The lowest BCUT2D eigenvalue weighted by atomic mass is 10.2. The molecule has 0 bridgehead atoms. The van der Waals surface area contributed by atoms with E-state index in [2.05, 4.69) is 28.7 Å². The highest BCUT2D eigenvalue weighted by Crippen LogP contribution is 2.26. The summed E-state index contributed by atoms with van der Waals surface area (Å²) in [4.78, 5) is 21.5. The molecular weight excluding hydrogens is 299 g/mol. The molecule has 0 rings (SSSR count). The molecule has 0 aliphatic carbocycles. The third-order valence-corrected chi connectivity index (χ3v) is 1.79. The van der Waals surface area contributed by atoms with Crippen LogP contribution in [0.25, 0.3) is 0 Å². The van der Waals surface area contributed by atoms with Crippen LogP contribution in [-0.4, -0.2) is 35.8 Å². The van der Waals surface area contributed by atoms with E-state index in [0.717, 1.165) is 0 Å². The van der Waals surface area contributed by atoms with Gasteiger partial charge in [-0.1, -0.05) is 6.58 Å². The maximum Gasteiger partial charge on any atom is 0.381 e. The van der Waals surface area contributed by atoms with Crippen LogP contribution in [0.3, 0.4) is 0 Å². The Kier molecular flexibility index (Phi) is 5.79. The van der Waals surface area contributed by atoms with Gasteiger partial charge in [-0.05, 0) is 6.92 Å². The van der Waals surface area contributed by atoms with Gasteiger partial charge in [0.05, 0.1) is 0 Å². The van der Waals surface area contributed by atoms with E-state index in [1.807, 2.05) is 0 Å². The first-order valence-electron chi connectivity index (χ1n) is 4.58. The number of carbonyl (C=O) groups excluding carboxylic acids is 2. The van der Waals surface area contributed by atoms with Crippen LogP contribution in [-0.2, 0) is 19.1 Å². The molecule has 0 radical (unpaired) electrons. The van der Waals surface area contributed by atoms with Gasteiger partial charge in [0, 0.05) is 0 Å². The number of esters is 2. The van der Waals surface area contributed by atoms with Gasteiger partial charge in [-0.2, -0.15) is 22.0 Å². The van der Waals surface area contributed by atoms with Crippen LogP contribution in [0, 0.1) is 0 Å². The highest BCUT2D eigenvalue weighted by molar-refractivity contribution is 7.81. The lowest BCUT2D eigenvalue weighted by Gasteiger charge is -2.22. The zero-order valence-corrected chi connectivity index (χ0v) is 10.4. The SMILES string of the molecule is C=C(F)C(=O)OC(C)C(F)(F)C(=O)OCC(F)(F)S. The molecule has 0 saturated carbocycles. The van der Waals surface area contributed by atoms with Crippen molar-refractivity contribution in [3.05, 3.63) is 12.4 Å². The van der Waals surface area contributed by atoms with Crippen LogP contribution in [0.1, 0.15) is 6.92 Å². The highest BCUT2D eigenvalue weighted by atomic mass is 32.1. The smallest absolute Gasteiger partial charge is 0.381 e. The lowest BCUT2D eigenvalue weighted by molar-refractivity contribution is -0.198. The molecule has 0 aliphatic rings. The van der Waals surface area contributed by atoms with Crippen LogP contribution in [0.4, 0.5) is 22.0 Å². The van der Waals surface area contributed by atoms with Gasteiger partial charge in [-0.25, -0.2) is 9.59 Å². The van der Waals surface area contributed by atoms with Crippen molar-refractivity contribution in [1.82, 2.24) is 0 Å². The fourth-order valence-corrected chi connectivity index (χ4v) is 0.778. The molecule has 0 heterocycles. The average Bonchev–Trinajstić information content (AvgIpc) is 2.24.